The third kappa shape index (κ3) is 5.08. The SMILES string of the molecule is CN(C=O)CCCC(=O)O. The minimum absolute atomic E-state index is 0.123. The van der Waals surface area contributed by atoms with Crippen molar-refractivity contribution >= 4 is 12.4 Å². The van der Waals surface area contributed by atoms with E-state index in [4.69, 9.17) is 5.11 Å². The predicted octanol–water partition coefficient (Wildman–Crippen LogP) is -0.0606. The van der Waals surface area contributed by atoms with E-state index in [-0.39, 0.29) is 6.42 Å². The second-order valence-corrected chi connectivity index (χ2v) is 2.08. The second-order valence-electron chi connectivity index (χ2n) is 2.08. The highest BCUT2D eigenvalue weighted by Gasteiger charge is 1.97. The molecule has 0 aliphatic rings. The number of rotatable bonds is 5. The molecule has 4 nitrogen and oxygen atoms in total. The van der Waals surface area contributed by atoms with Crippen molar-refractivity contribution in [1.29, 1.82) is 0 Å². The van der Waals surface area contributed by atoms with Crippen molar-refractivity contribution in [3.8, 4) is 0 Å². The van der Waals surface area contributed by atoms with Crippen LogP contribution in [0.3, 0.4) is 0 Å². The van der Waals surface area contributed by atoms with Gasteiger partial charge in [0.15, 0.2) is 0 Å². The van der Waals surface area contributed by atoms with Crippen molar-refractivity contribution in [2.24, 2.45) is 0 Å². The molecular weight excluding hydrogens is 134 g/mol. The number of nitrogens with zero attached hydrogens (tertiary/aromatic N) is 1. The summed E-state index contributed by atoms with van der Waals surface area (Å²) in [5.74, 6) is -0.820. The third-order valence-electron chi connectivity index (χ3n) is 1.08. The average molecular weight is 145 g/mol. The van der Waals surface area contributed by atoms with Gasteiger partial charge in [0.1, 0.15) is 0 Å². The molecular formula is C6H11NO3. The van der Waals surface area contributed by atoms with Gasteiger partial charge in [-0.1, -0.05) is 0 Å². The fraction of sp³-hybridized carbons (Fsp3) is 0.667. The van der Waals surface area contributed by atoms with E-state index in [1.807, 2.05) is 0 Å². The largest absolute Gasteiger partial charge is 0.481 e. The van der Waals surface area contributed by atoms with Crippen molar-refractivity contribution in [3.05, 3.63) is 0 Å². The fourth-order valence-electron chi connectivity index (χ4n) is 0.532. The Morgan fingerprint density at radius 1 is 1.70 bits per heavy atom. The van der Waals surface area contributed by atoms with Gasteiger partial charge in [-0.15, -0.1) is 0 Å². The summed E-state index contributed by atoms with van der Waals surface area (Å²) in [7, 11) is 1.62. The van der Waals surface area contributed by atoms with Crippen LogP contribution in [0.1, 0.15) is 12.8 Å². The average Bonchev–Trinajstić information content (AvgIpc) is 1.87. The number of carboxylic acids is 1. The predicted molar refractivity (Wildman–Crippen MR) is 35.6 cm³/mol. The first-order chi connectivity index (χ1) is 4.66. The number of hydrogen-bond acceptors (Lipinski definition) is 2. The molecule has 0 aromatic heterocycles. The number of hydrogen-bond donors (Lipinski definition) is 1. The topological polar surface area (TPSA) is 57.6 Å². The molecule has 0 saturated carbocycles. The molecule has 0 atom stereocenters. The monoisotopic (exact) mass is 145 g/mol. The van der Waals surface area contributed by atoms with Crippen LogP contribution >= 0.6 is 0 Å². The molecule has 4 heteroatoms. The van der Waals surface area contributed by atoms with Crippen molar-refractivity contribution in [2.45, 2.75) is 12.8 Å². The van der Waals surface area contributed by atoms with Gasteiger partial charge < -0.3 is 10.0 Å². The van der Waals surface area contributed by atoms with E-state index in [1.165, 1.54) is 4.90 Å². The summed E-state index contributed by atoms with van der Waals surface area (Å²) in [6.07, 6.45) is 1.32. The second kappa shape index (κ2) is 4.78. The van der Waals surface area contributed by atoms with Crippen molar-refractivity contribution in [1.82, 2.24) is 4.90 Å². The fourth-order valence-corrected chi connectivity index (χ4v) is 0.532. The molecule has 0 saturated heterocycles. The molecule has 0 spiro atoms. The molecule has 0 aromatic rings. The zero-order chi connectivity index (χ0) is 7.98. The summed E-state index contributed by atoms with van der Waals surface area (Å²) >= 11 is 0. The standard InChI is InChI=1S/C6H11NO3/c1-7(5-8)4-2-3-6(9)10/h5H,2-4H2,1H3,(H,9,10). The maximum Gasteiger partial charge on any atom is 0.303 e. The first-order valence-corrected chi connectivity index (χ1v) is 3.04. The summed E-state index contributed by atoms with van der Waals surface area (Å²) in [6, 6.07) is 0. The highest BCUT2D eigenvalue weighted by molar-refractivity contribution is 5.66. The van der Waals surface area contributed by atoms with E-state index < -0.39 is 5.97 Å². The molecule has 58 valence electrons. The first-order valence-electron chi connectivity index (χ1n) is 3.04. The van der Waals surface area contributed by atoms with Gasteiger partial charge >= 0.3 is 5.97 Å². The lowest BCUT2D eigenvalue weighted by atomic mass is 10.3. The zero-order valence-electron chi connectivity index (χ0n) is 5.91. The van der Waals surface area contributed by atoms with Gasteiger partial charge in [-0.2, -0.15) is 0 Å². The normalized spacial score (nSPS) is 8.90. The van der Waals surface area contributed by atoms with Gasteiger partial charge in [-0.3, -0.25) is 9.59 Å². The van der Waals surface area contributed by atoms with Crippen LogP contribution in [0.5, 0.6) is 0 Å². The molecule has 0 aliphatic carbocycles. The highest BCUT2D eigenvalue weighted by Crippen LogP contribution is 1.89. The lowest BCUT2D eigenvalue weighted by Gasteiger charge is -2.07. The number of carboxylic acid groups (broad SMARTS) is 1. The van der Waals surface area contributed by atoms with Crippen LogP contribution in [0.4, 0.5) is 0 Å². The van der Waals surface area contributed by atoms with Gasteiger partial charge in [-0.25, -0.2) is 0 Å². The molecule has 0 rings (SSSR count). The van der Waals surface area contributed by atoms with E-state index >= 15 is 0 Å². The Labute approximate surface area is 59.4 Å². The zero-order valence-corrected chi connectivity index (χ0v) is 5.91. The van der Waals surface area contributed by atoms with E-state index in [9.17, 15) is 9.59 Å². The van der Waals surface area contributed by atoms with Crippen molar-refractivity contribution in [2.75, 3.05) is 13.6 Å². The Balaban J connectivity index is 3.19. The van der Waals surface area contributed by atoms with Crippen molar-refractivity contribution < 1.29 is 14.7 Å². The summed E-state index contributed by atoms with van der Waals surface area (Å²) < 4.78 is 0. The maximum absolute atomic E-state index is 9.96. The lowest BCUT2D eigenvalue weighted by Crippen LogP contribution is -2.17. The van der Waals surface area contributed by atoms with Crippen LogP contribution in [-0.4, -0.2) is 36.0 Å². The maximum atomic E-state index is 9.96. The minimum Gasteiger partial charge on any atom is -0.481 e. The quantitative estimate of drug-likeness (QED) is 0.551. The van der Waals surface area contributed by atoms with Gasteiger partial charge in [0, 0.05) is 20.0 Å². The molecule has 10 heavy (non-hydrogen) atoms. The molecule has 0 aliphatic heterocycles. The lowest BCUT2D eigenvalue weighted by molar-refractivity contribution is -0.137. The van der Waals surface area contributed by atoms with E-state index in [0.29, 0.717) is 19.4 Å². The molecule has 0 bridgehead atoms. The Morgan fingerprint density at radius 3 is 2.70 bits per heavy atom. The van der Waals surface area contributed by atoms with Crippen molar-refractivity contribution in [3.63, 3.8) is 0 Å². The van der Waals surface area contributed by atoms with Gasteiger partial charge in [0.05, 0.1) is 0 Å². The molecule has 1 N–H and O–H groups in total. The number of amides is 1. The summed E-state index contributed by atoms with van der Waals surface area (Å²) in [5.41, 5.74) is 0. The first kappa shape index (κ1) is 8.94. The Kier molecular flexibility index (Phi) is 4.28. The van der Waals surface area contributed by atoms with Crippen LogP contribution in [0.2, 0.25) is 0 Å². The van der Waals surface area contributed by atoms with E-state index in [2.05, 4.69) is 0 Å². The number of carbonyl (C=O) groups excluding carboxylic acids is 1. The third-order valence-corrected chi connectivity index (χ3v) is 1.08. The van der Waals surface area contributed by atoms with Crippen LogP contribution < -0.4 is 0 Å². The number of aliphatic carboxylic acids is 1. The molecule has 0 fully saturated rings. The minimum atomic E-state index is -0.820. The van der Waals surface area contributed by atoms with E-state index in [0.717, 1.165) is 0 Å². The van der Waals surface area contributed by atoms with Crippen LogP contribution in [0.25, 0.3) is 0 Å². The molecule has 0 radical (unpaired) electrons. The van der Waals surface area contributed by atoms with E-state index in [1.54, 1.807) is 7.05 Å². The molecule has 0 aromatic carbocycles. The smallest absolute Gasteiger partial charge is 0.303 e. The van der Waals surface area contributed by atoms with Gasteiger partial charge in [0.2, 0.25) is 6.41 Å². The van der Waals surface area contributed by atoms with Crippen LogP contribution in [0.15, 0.2) is 0 Å². The Bertz CT molecular complexity index is 124. The Hall–Kier alpha value is -1.06. The van der Waals surface area contributed by atoms with Crippen LogP contribution in [-0.2, 0) is 9.59 Å². The van der Waals surface area contributed by atoms with Gasteiger partial charge in [0.25, 0.3) is 0 Å². The van der Waals surface area contributed by atoms with Crippen LogP contribution in [0, 0.1) is 0 Å². The Morgan fingerprint density at radius 2 is 2.30 bits per heavy atom. The summed E-state index contributed by atoms with van der Waals surface area (Å²) in [5, 5.41) is 8.19. The van der Waals surface area contributed by atoms with Gasteiger partial charge in [-0.05, 0) is 6.42 Å². The summed E-state index contributed by atoms with van der Waals surface area (Å²) in [4.78, 5) is 21.3. The highest BCUT2D eigenvalue weighted by atomic mass is 16.4. The molecule has 0 heterocycles. The molecule has 0 unspecified atom stereocenters. The molecule has 1 amide bonds. The number of carbonyl (C=O) groups is 2. The summed E-state index contributed by atoms with van der Waals surface area (Å²) in [6.45, 7) is 0.510.